The highest BCUT2D eigenvalue weighted by Crippen LogP contribution is 2.10. The van der Waals surface area contributed by atoms with E-state index in [1.807, 2.05) is 20.8 Å². The largest absolute Gasteiger partial charge is 0.388 e. The van der Waals surface area contributed by atoms with Crippen molar-refractivity contribution < 1.29 is 5.11 Å². The molecule has 16 heavy (non-hydrogen) atoms. The van der Waals surface area contributed by atoms with Gasteiger partial charge in [-0.25, -0.2) is 0 Å². The Labute approximate surface area is 101 Å². The molecule has 1 N–H and O–H groups in total. The average molecular weight is 224 g/mol. The molecule has 0 aromatic heterocycles. The molecule has 0 heterocycles. The predicted molar refractivity (Wildman–Crippen MR) is 71.5 cm³/mol. The van der Waals surface area contributed by atoms with Crippen LogP contribution in [0.25, 0.3) is 0 Å². The lowest BCUT2D eigenvalue weighted by molar-refractivity contribution is 0.160. The number of unbranched alkanes of at least 4 members (excludes halogenated alkanes) is 5. The molecular weight excluding hydrogens is 196 g/mol. The Balaban J connectivity index is 3.76. The number of hydrogen-bond donors (Lipinski definition) is 1. The van der Waals surface area contributed by atoms with Crippen molar-refractivity contribution in [3.8, 4) is 0 Å². The SMILES string of the molecule is CCCCCCCC=C=C(C)C(O)C(C)C. The average Bonchev–Trinajstić information content (AvgIpc) is 2.26. The Kier molecular flexibility index (Phi) is 9.37. The van der Waals surface area contributed by atoms with Crippen LogP contribution in [0.4, 0.5) is 0 Å². The van der Waals surface area contributed by atoms with Crippen molar-refractivity contribution in [2.24, 2.45) is 5.92 Å². The van der Waals surface area contributed by atoms with Gasteiger partial charge in [0, 0.05) is 0 Å². The topological polar surface area (TPSA) is 20.2 Å². The van der Waals surface area contributed by atoms with Crippen LogP contribution in [-0.4, -0.2) is 11.2 Å². The summed E-state index contributed by atoms with van der Waals surface area (Å²) in [6.45, 7) is 8.25. The maximum atomic E-state index is 9.75. The number of aliphatic hydroxyl groups is 1. The third-order valence-electron chi connectivity index (χ3n) is 2.86. The van der Waals surface area contributed by atoms with E-state index in [4.69, 9.17) is 0 Å². The molecule has 0 bridgehead atoms. The normalized spacial score (nSPS) is 12.4. The van der Waals surface area contributed by atoms with Crippen LogP contribution in [0.2, 0.25) is 0 Å². The quantitative estimate of drug-likeness (QED) is 0.476. The van der Waals surface area contributed by atoms with Crippen molar-refractivity contribution in [1.82, 2.24) is 0 Å². The van der Waals surface area contributed by atoms with Gasteiger partial charge in [-0.3, -0.25) is 0 Å². The van der Waals surface area contributed by atoms with Crippen molar-refractivity contribution in [2.45, 2.75) is 72.3 Å². The molecule has 0 rings (SSSR count). The molecule has 1 atom stereocenters. The molecule has 0 aliphatic rings. The lowest BCUT2D eigenvalue weighted by atomic mass is 10.0. The van der Waals surface area contributed by atoms with E-state index in [0.29, 0.717) is 0 Å². The Morgan fingerprint density at radius 3 is 2.38 bits per heavy atom. The van der Waals surface area contributed by atoms with Crippen LogP contribution in [0.1, 0.15) is 66.2 Å². The summed E-state index contributed by atoms with van der Waals surface area (Å²) in [5, 5.41) is 9.75. The number of rotatable bonds is 8. The van der Waals surface area contributed by atoms with Crippen LogP contribution in [0.5, 0.6) is 0 Å². The van der Waals surface area contributed by atoms with E-state index >= 15 is 0 Å². The van der Waals surface area contributed by atoms with Gasteiger partial charge in [0.15, 0.2) is 0 Å². The number of hydrogen-bond acceptors (Lipinski definition) is 1. The van der Waals surface area contributed by atoms with Crippen LogP contribution < -0.4 is 0 Å². The minimum atomic E-state index is -0.337. The van der Waals surface area contributed by atoms with Gasteiger partial charge in [-0.15, -0.1) is 5.73 Å². The van der Waals surface area contributed by atoms with Crippen LogP contribution >= 0.6 is 0 Å². The summed E-state index contributed by atoms with van der Waals surface area (Å²) in [7, 11) is 0. The zero-order valence-corrected chi connectivity index (χ0v) is 11.4. The van der Waals surface area contributed by atoms with Gasteiger partial charge >= 0.3 is 0 Å². The molecule has 0 saturated carbocycles. The van der Waals surface area contributed by atoms with Crippen LogP contribution in [0, 0.1) is 5.92 Å². The first-order valence-electron chi connectivity index (χ1n) is 6.69. The summed E-state index contributed by atoms with van der Waals surface area (Å²) in [5.41, 5.74) is 4.16. The van der Waals surface area contributed by atoms with E-state index in [-0.39, 0.29) is 12.0 Å². The standard InChI is InChI=1S/C15H28O/c1-5-6-7-8-9-10-11-12-14(4)15(16)13(2)3/h11,13,15-16H,5-10H2,1-4H3. The van der Waals surface area contributed by atoms with E-state index in [2.05, 4.69) is 18.7 Å². The second kappa shape index (κ2) is 9.69. The zero-order valence-electron chi connectivity index (χ0n) is 11.4. The van der Waals surface area contributed by atoms with Gasteiger partial charge in [0.1, 0.15) is 0 Å². The molecule has 1 nitrogen and oxygen atoms in total. The smallest absolute Gasteiger partial charge is 0.0843 e. The van der Waals surface area contributed by atoms with Gasteiger partial charge in [-0.2, -0.15) is 0 Å². The van der Waals surface area contributed by atoms with Gasteiger partial charge < -0.3 is 5.11 Å². The molecule has 0 spiro atoms. The molecule has 0 aromatic rings. The first-order valence-corrected chi connectivity index (χ1v) is 6.69. The Morgan fingerprint density at radius 2 is 1.81 bits per heavy atom. The molecule has 0 saturated heterocycles. The highest BCUT2D eigenvalue weighted by Gasteiger charge is 2.09. The fraction of sp³-hybridized carbons (Fsp3) is 0.800. The summed E-state index contributed by atoms with van der Waals surface area (Å²) >= 11 is 0. The molecule has 1 heteroatoms. The Bertz CT molecular complexity index is 222. The second-order valence-electron chi connectivity index (χ2n) is 4.92. The van der Waals surface area contributed by atoms with E-state index < -0.39 is 0 Å². The molecule has 0 fully saturated rings. The molecule has 1 unspecified atom stereocenters. The highest BCUT2D eigenvalue weighted by atomic mass is 16.3. The third kappa shape index (κ3) is 7.73. The zero-order chi connectivity index (χ0) is 12.4. The van der Waals surface area contributed by atoms with Crippen molar-refractivity contribution in [3.63, 3.8) is 0 Å². The van der Waals surface area contributed by atoms with Crippen LogP contribution in [-0.2, 0) is 0 Å². The fourth-order valence-electron chi connectivity index (χ4n) is 1.67. The lowest BCUT2D eigenvalue weighted by Crippen LogP contribution is -2.15. The summed E-state index contributed by atoms with van der Waals surface area (Å²) in [5.74, 6) is 0.283. The molecule has 0 aliphatic heterocycles. The molecule has 0 aliphatic carbocycles. The summed E-state index contributed by atoms with van der Waals surface area (Å²) in [6.07, 6.45) is 9.40. The molecule has 0 aromatic carbocycles. The lowest BCUT2D eigenvalue weighted by Gasteiger charge is -2.12. The van der Waals surface area contributed by atoms with E-state index in [0.717, 1.165) is 12.0 Å². The van der Waals surface area contributed by atoms with Crippen molar-refractivity contribution in [1.29, 1.82) is 0 Å². The highest BCUT2D eigenvalue weighted by molar-refractivity contribution is 5.05. The second-order valence-corrected chi connectivity index (χ2v) is 4.92. The minimum absolute atomic E-state index is 0.283. The Morgan fingerprint density at radius 1 is 1.19 bits per heavy atom. The van der Waals surface area contributed by atoms with Crippen molar-refractivity contribution >= 4 is 0 Å². The predicted octanol–water partition coefficient (Wildman–Crippen LogP) is 4.47. The maximum Gasteiger partial charge on any atom is 0.0843 e. The number of aliphatic hydroxyl groups excluding tert-OH is 1. The van der Waals surface area contributed by atoms with Gasteiger partial charge in [0.2, 0.25) is 0 Å². The van der Waals surface area contributed by atoms with Gasteiger partial charge in [0.05, 0.1) is 6.10 Å². The molecular formula is C15H28O. The monoisotopic (exact) mass is 224 g/mol. The Hall–Kier alpha value is -0.520. The summed E-state index contributed by atoms with van der Waals surface area (Å²) < 4.78 is 0. The van der Waals surface area contributed by atoms with E-state index in [1.165, 1.54) is 32.1 Å². The maximum absolute atomic E-state index is 9.75. The van der Waals surface area contributed by atoms with Crippen molar-refractivity contribution in [3.05, 3.63) is 17.4 Å². The third-order valence-corrected chi connectivity index (χ3v) is 2.86. The summed E-state index contributed by atoms with van der Waals surface area (Å²) in [4.78, 5) is 0. The van der Waals surface area contributed by atoms with Gasteiger partial charge in [0.25, 0.3) is 0 Å². The molecule has 0 radical (unpaired) electrons. The first kappa shape index (κ1) is 15.5. The first-order chi connectivity index (χ1) is 7.59. The minimum Gasteiger partial charge on any atom is -0.388 e. The van der Waals surface area contributed by atoms with Gasteiger partial charge in [-0.1, -0.05) is 46.5 Å². The van der Waals surface area contributed by atoms with Crippen LogP contribution in [0.15, 0.2) is 17.4 Å². The fourth-order valence-corrected chi connectivity index (χ4v) is 1.67. The van der Waals surface area contributed by atoms with Crippen molar-refractivity contribution in [2.75, 3.05) is 0 Å². The van der Waals surface area contributed by atoms with E-state index in [1.54, 1.807) is 0 Å². The molecule has 94 valence electrons. The van der Waals surface area contributed by atoms with Gasteiger partial charge in [-0.05, 0) is 37.3 Å². The van der Waals surface area contributed by atoms with E-state index in [9.17, 15) is 5.11 Å². The van der Waals surface area contributed by atoms with Crippen LogP contribution in [0.3, 0.4) is 0 Å². The summed E-state index contributed by atoms with van der Waals surface area (Å²) in [6, 6.07) is 0. The molecule has 0 amide bonds.